The van der Waals surface area contributed by atoms with Crippen LogP contribution in [0.15, 0.2) is 35.3 Å². The molecule has 0 saturated carbocycles. The van der Waals surface area contributed by atoms with Gasteiger partial charge >= 0.3 is 0 Å². The number of nitrogens with zero attached hydrogens (tertiary/aromatic N) is 1. The summed E-state index contributed by atoms with van der Waals surface area (Å²) in [7, 11) is 0. The Hall–Kier alpha value is -0.980. The van der Waals surface area contributed by atoms with Gasteiger partial charge < -0.3 is 0 Å². The van der Waals surface area contributed by atoms with E-state index in [4.69, 9.17) is 0 Å². The van der Waals surface area contributed by atoms with Crippen LogP contribution in [0.3, 0.4) is 0 Å². The zero-order valence-corrected chi connectivity index (χ0v) is 6.14. The second-order valence-corrected chi connectivity index (χ2v) is 1.94. The molecule has 0 aliphatic rings. The smallest absolute Gasteiger partial charge is 0.112 e. The number of benzene rings is 1. The predicted octanol–water partition coefficient (Wildman–Crippen LogP) is 2.30. The second-order valence-electron chi connectivity index (χ2n) is 1.76. The first kappa shape index (κ1) is 7.13. The van der Waals surface area contributed by atoms with E-state index in [-0.39, 0.29) is 0 Å². The Morgan fingerprint density at radius 1 is 1.30 bits per heavy atom. The molecule has 0 fully saturated rings. The Labute approximate surface area is 65.4 Å². The Bertz CT molecular complexity index is 237. The number of aliphatic imine (C=N–C) groups is 1. The van der Waals surface area contributed by atoms with E-state index in [2.05, 4.69) is 22.4 Å². The molecule has 49 valence electrons. The lowest BCUT2D eigenvalue weighted by Crippen LogP contribution is -1.73. The SMILES string of the molecule is S=C=N[CH]c1ccccc1. The van der Waals surface area contributed by atoms with Crippen LogP contribution in [0.5, 0.6) is 0 Å². The van der Waals surface area contributed by atoms with Crippen molar-refractivity contribution >= 4 is 17.4 Å². The Balaban J connectivity index is 2.67. The van der Waals surface area contributed by atoms with Gasteiger partial charge in [0.1, 0.15) is 6.54 Å². The molecule has 1 aromatic carbocycles. The molecular weight excluding hydrogens is 142 g/mol. The Morgan fingerprint density at radius 2 is 2.00 bits per heavy atom. The normalized spacial score (nSPS) is 8.40. The van der Waals surface area contributed by atoms with Gasteiger partial charge in [0, 0.05) is 0 Å². The fourth-order valence-electron chi connectivity index (χ4n) is 0.640. The number of isothiocyanates is 1. The fraction of sp³-hybridized carbons (Fsp3) is 0. The van der Waals surface area contributed by atoms with E-state index in [1.165, 1.54) is 0 Å². The molecule has 0 heterocycles. The summed E-state index contributed by atoms with van der Waals surface area (Å²) in [5.74, 6) is 0. The van der Waals surface area contributed by atoms with Gasteiger partial charge in [0.05, 0.1) is 5.16 Å². The van der Waals surface area contributed by atoms with E-state index < -0.39 is 0 Å². The highest BCUT2D eigenvalue weighted by molar-refractivity contribution is 7.78. The maximum atomic E-state index is 4.40. The maximum absolute atomic E-state index is 4.40. The molecule has 2 heteroatoms. The second kappa shape index (κ2) is 3.94. The van der Waals surface area contributed by atoms with Crippen molar-refractivity contribution in [2.24, 2.45) is 4.99 Å². The highest BCUT2D eigenvalue weighted by Crippen LogP contribution is 2.00. The molecule has 0 aliphatic carbocycles. The third-order valence-corrected chi connectivity index (χ3v) is 1.17. The Kier molecular flexibility index (Phi) is 2.81. The van der Waals surface area contributed by atoms with Gasteiger partial charge in [-0.3, -0.25) is 0 Å². The molecule has 10 heavy (non-hydrogen) atoms. The van der Waals surface area contributed by atoms with Crippen LogP contribution in [0.4, 0.5) is 0 Å². The van der Waals surface area contributed by atoms with E-state index in [0.29, 0.717) is 0 Å². The van der Waals surface area contributed by atoms with Crippen molar-refractivity contribution in [2.75, 3.05) is 0 Å². The average Bonchev–Trinajstić information content (AvgIpc) is 2.03. The van der Waals surface area contributed by atoms with Crippen LogP contribution in [0.1, 0.15) is 5.56 Å². The van der Waals surface area contributed by atoms with Crippen LogP contribution in [0.2, 0.25) is 0 Å². The first-order valence-corrected chi connectivity index (χ1v) is 3.29. The molecule has 0 unspecified atom stereocenters. The standard InChI is InChI=1S/C8H6NS/c10-7-9-6-8-4-2-1-3-5-8/h1-6H. The minimum Gasteiger partial charge on any atom is -0.222 e. The van der Waals surface area contributed by atoms with E-state index >= 15 is 0 Å². The monoisotopic (exact) mass is 148 g/mol. The first-order valence-electron chi connectivity index (χ1n) is 2.89. The molecule has 0 aliphatic heterocycles. The van der Waals surface area contributed by atoms with Crippen LogP contribution in [0, 0.1) is 6.54 Å². The average molecular weight is 148 g/mol. The Morgan fingerprint density at radius 3 is 2.60 bits per heavy atom. The van der Waals surface area contributed by atoms with E-state index in [1.54, 1.807) is 6.54 Å². The minimum atomic E-state index is 1.04. The molecule has 1 radical (unpaired) electrons. The van der Waals surface area contributed by atoms with Gasteiger partial charge in [-0.2, -0.15) is 0 Å². The lowest BCUT2D eigenvalue weighted by Gasteiger charge is -1.89. The lowest BCUT2D eigenvalue weighted by molar-refractivity contribution is 1.36. The van der Waals surface area contributed by atoms with Crippen molar-refractivity contribution in [3.05, 3.63) is 42.4 Å². The number of hydrogen-bond acceptors (Lipinski definition) is 2. The van der Waals surface area contributed by atoms with Crippen LogP contribution in [-0.2, 0) is 0 Å². The van der Waals surface area contributed by atoms with Gasteiger partial charge in [0.2, 0.25) is 0 Å². The molecule has 0 bridgehead atoms. The van der Waals surface area contributed by atoms with E-state index in [1.807, 2.05) is 30.3 Å². The zero-order chi connectivity index (χ0) is 7.23. The summed E-state index contributed by atoms with van der Waals surface area (Å²) >= 11 is 4.40. The van der Waals surface area contributed by atoms with Gasteiger partial charge in [-0.1, -0.05) is 30.3 Å². The van der Waals surface area contributed by atoms with Gasteiger partial charge in [0.15, 0.2) is 0 Å². The van der Waals surface area contributed by atoms with Crippen molar-refractivity contribution < 1.29 is 0 Å². The summed E-state index contributed by atoms with van der Waals surface area (Å²) in [4.78, 5) is 3.68. The summed E-state index contributed by atoms with van der Waals surface area (Å²) in [5, 5.41) is 2.27. The maximum Gasteiger partial charge on any atom is 0.112 e. The van der Waals surface area contributed by atoms with Crippen LogP contribution in [-0.4, -0.2) is 5.16 Å². The molecule has 0 amide bonds. The van der Waals surface area contributed by atoms with Gasteiger partial charge in [-0.15, -0.1) is 0 Å². The molecule has 1 rings (SSSR count). The van der Waals surface area contributed by atoms with Crippen molar-refractivity contribution in [1.82, 2.24) is 0 Å². The topological polar surface area (TPSA) is 12.4 Å². The number of thiocarbonyl (C=S) groups is 1. The lowest BCUT2D eigenvalue weighted by atomic mass is 10.2. The zero-order valence-electron chi connectivity index (χ0n) is 5.32. The molecule has 0 atom stereocenters. The van der Waals surface area contributed by atoms with Crippen LogP contribution in [0.25, 0.3) is 0 Å². The van der Waals surface area contributed by atoms with Crippen LogP contribution < -0.4 is 0 Å². The van der Waals surface area contributed by atoms with Crippen molar-refractivity contribution in [3.63, 3.8) is 0 Å². The van der Waals surface area contributed by atoms with Crippen molar-refractivity contribution in [3.8, 4) is 0 Å². The first-order chi connectivity index (χ1) is 4.93. The summed E-state index contributed by atoms with van der Waals surface area (Å²) in [6, 6.07) is 9.76. The molecule has 1 aromatic rings. The highest BCUT2D eigenvalue weighted by Gasteiger charge is 1.85. The highest BCUT2D eigenvalue weighted by atomic mass is 32.1. The molecule has 1 nitrogen and oxygen atoms in total. The largest absolute Gasteiger partial charge is 0.222 e. The minimum absolute atomic E-state index is 1.04. The molecule has 0 saturated heterocycles. The van der Waals surface area contributed by atoms with Crippen molar-refractivity contribution in [2.45, 2.75) is 0 Å². The summed E-state index contributed by atoms with van der Waals surface area (Å²) in [6.45, 7) is 1.67. The fourth-order valence-corrected chi connectivity index (χ4v) is 0.693. The molecule has 0 spiro atoms. The van der Waals surface area contributed by atoms with E-state index in [9.17, 15) is 0 Å². The summed E-state index contributed by atoms with van der Waals surface area (Å²) in [5.41, 5.74) is 1.04. The third-order valence-electron chi connectivity index (χ3n) is 1.07. The van der Waals surface area contributed by atoms with Crippen molar-refractivity contribution in [1.29, 1.82) is 0 Å². The molecular formula is C8H6NS. The quantitative estimate of drug-likeness (QED) is 0.463. The van der Waals surface area contributed by atoms with Crippen LogP contribution >= 0.6 is 12.2 Å². The van der Waals surface area contributed by atoms with Gasteiger partial charge in [-0.05, 0) is 17.8 Å². The van der Waals surface area contributed by atoms with Gasteiger partial charge in [-0.25, -0.2) is 4.99 Å². The summed E-state index contributed by atoms with van der Waals surface area (Å²) < 4.78 is 0. The van der Waals surface area contributed by atoms with E-state index in [0.717, 1.165) is 5.56 Å². The number of rotatable bonds is 2. The summed E-state index contributed by atoms with van der Waals surface area (Å²) in [6.07, 6.45) is 0. The third kappa shape index (κ3) is 2.09. The van der Waals surface area contributed by atoms with Gasteiger partial charge in [0.25, 0.3) is 0 Å². The number of hydrogen-bond donors (Lipinski definition) is 0. The molecule has 0 N–H and O–H groups in total. The predicted molar refractivity (Wildman–Crippen MR) is 44.9 cm³/mol. The molecule has 0 aromatic heterocycles.